The number of ether oxygens (including phenoxy) is 1. The third-order valence-corrected chi connectivity index (χ3v) is 5.87. The number of carbonyl (C=O) groups excluding carboxylic acids is 1. The lowest BCUT2D eigenvalue weighted by atomic mass is 9.78. The molecule has 2 aromatic rings. The van der Waals surface area contributed by atoms with Crippen molar-refractivity contribution in [1.29, 1.82) is 0 Å². The van der Waals surface area contributed by atoms with E-state index in [1.807, 2.05) is 12.1 Å². The van der Waals surface area contributed by atoms with Gasteiger partial charge in [0.2, 0.25) is 0 Å². The Labute approximate surface area is 153 Å². The predicted octanol–water partition coefficient (Wildman–Crippen LogP) is 3.74. The zero-order valence-corrected chi connectivity index (χ0v) is 15.7. The molecule has 1 heterocycles. The van der Waals surface area contributed by atoms with Gasteiger partial charge in [0.15, 0.2) is 0 Å². The van der Waals surface area contributed by atoms with E-state index in [9.17, 15) is 4.79 Å². The van der Waals surface area contributed by atoms with Gasteiger partial charge in [-0.2, -0.15) is 0 Å². The van der Waals surface area contributed by atoms with E-state index in [4.69, 9.17) is 4.74 Å². The lowest BCUT2D eigenvalue weighted by Gasteiger charge is -2.30. The summed E-state index contributed by atoms with van der Waals surface area (Å²) in [5, 5.41) is 7.25. The maximum absolute atomic E-state index is 12.6. The van der Waals surface area contributed by atoms with Crippen LogP contribution in [0.15, 0.2) is 24.3 Å². The van der Waals surface area contributed by atoms with Gasteiger partial charge in [0.25, 0.3) is 5.91 Å². The van der Waals surface area contributed by atoms with Crippen molar-refractivity contribution in [3.63, 3.8) is 0 Å². The Hall–Kier alpha value is -1.95. The van der Waals surface area contributed by atoms with E-state index in [0.717, 1.165) is 37.1 Å². The van der Waals surface area contributed by atoms with Crippen LogP contribution in [0.1, 0.15) is 60.0 Å². The number of hydrogen-bond donors (Lipinski definition) is 1. The van der Waals surface area contributed by atoms with Crippen molar-refractivity contribution in [3.8, 4) is 5.75 Å². The van der Waals surface area contributed by atoms with Crippen molar-refractivity contribution in [2.45, 2.75) is 50.9 Å². The summed E-state index contributed by atoms with van der Waals surface area (Å²) >= 11 is 1.19. The summed E-state index contributed by atoms with van der Waals surface area (Å²) in [6, 6.07) is 8.27. The first kappa shape index (κ1) is 17.9. The van der Waals surface area contributed by atoms with Gasteiger partial charge in [-0.25, -0.2) is 0 Å². The molecular formula is C19H25N3O2S. The van der Waals surface area contributed by atoms with Gasteiger partial charge in [0.1, 0.15) is 10.6 Å². The van der Waals surface area contributed by atoms with Crippen molar-refractivity contribution in [1.82, 2.24) is 14.9 Å². The second-order valence-electron chi connectivity index (χ2n) is 6.70. The molecule has 0 bridgehead atoms. The van der Waals surface area contributed by atoms with E-state index in [2.05, 4.69) is 34.0 Å². The summed E-state index contributed by atoms with van der Waals surface area (Å²) in [7, 11) is 1.68. The van der Waals surface area contributed by atoms with Crippen molar-refractivity contribution in [3.05, 3.63) is 40.4 Å². The van der Waals surface area contributed by atoms with Crippen molar-refractivity contribution in [2.24, 2.45) is 0 Å². The smallest absolute Gasteiger partial charge is 0.264 e. The average molecular weight is 359 g/mol. The predicted molar refractivity (Wildman–Crippen MR) is 99.4 cm³/mol. The molecule has 5 nitrogen and oxygen atoms in total. The molecular weight excluding hydrogens is 334 g/mol. The van der Waals surface area contributed by atoms with Gasteiger partial charge in [-0.05, 0) is 48.5 Å². The number of methoxy groups -OCH3 is 1. The minimum absolute atomic E-state index is 0.0188. The fourth-order valence-electron chi connectivity index (χ4n) is 3.68. The second kappa shape index (κ2) is 7.95. The molecule has 3 rings (SSSR count). The zero-order chi connectivity index (χ0) is 17.7. The minimum atomic E-state index is -0.0433. The van der Waals surface area contributed by atoms with Gasteiger partial charge < -0.3 is 10.1 Å². The van der Waals surface area contributed by atoms with Gasteiger partial charge in [-0.15, -0.1) is 5.10 Å². The molecule has 1 saturated carbocycles. The maximum atomic E-state index is 12.6. The molecule has 0 radical (unpaired) electrons. The number of aryl methyl sites for hydroxylation is 1. The van der Waals surface area contributed by atoms with Crippen LogP contribution in [0.5, 0.6) is 5.75 Å². The van der Waals surface area contributed by atoms with Crippen LogP contribution in [0.25, 0.3) is 0 Å². The molecule has 0 aliphatic heterocycles. The number of nitrogens with zero attached hydrogens (tertiary/aromatic N) is 2. The van der Waals surface area contributed by atoms with Crippen LogP contribution in [0.3, 0.4) is 0 Å². The summed E-state index contributed by atoms with van der Waals surface area (Å²) in [6.45, 7) is 2.74. The van der Waals surface area contributed by atoms with Crippen LogP contribution in [0.4, 0.5) is 0 Å². The van der Waals surface area contributed by atoms with Crippen LogP contribution in [0, 0.1) is 0 Å². The quantitative estimate of drug-likeness (QED) is 0.818. The molecule has 1 aliphatic carbocycles. The van der Waals surface area contributed by atoms with E-state index in [1.54, 1.807) is 7.11 Å². The fraction of sp³-hybridized carbons (Fsp3) is 0.526. The van der Waals surface area contributed by atoms with Crippen LogP contribution < -0.4 is 10.1 Å². The van der Waals surface area contributed by atoms with Crippen molar-refractivity contribution >= 4 is 17.4 Å². The molecule has 1 N–H and O–H groups in total. The minimum Gasteiger partial charge on any atom is -0.497 e. The molecule has 1 amide bonds. The Bertz CT molecular complexity index is 706. The van der Waals surface area contributed by atoms with Crippen LogP contribution in [-0.4, -0.2) is 29.1 Å². The standard InChI is InChI=1S/C19H25N3O2S/c1-3-6-16-17(25-22-21-16)18(23)20-13-19(11-4-5-12-19)14-7-9-15(24-2)10-8-14/h7-10H,3-6,11-13H2,1-2H3,(H,20,23). The Morgan fingerprint density at radius 3 is 2.64 bits per heavy atom. The molecule has 1 aliphatic rings. The molecule has 1 fully saturated rings. The average Bonchev–Trinajstić information content (AvgIpc) is 3.30. The zero-order valence-electron chi connectivity index (χ0n) is 14.9. The Balaban J connectivity index is 1.73. The molecule has 1 aromatic carbocycles. The molecule has 134 valence electrons. The third kappa shape index (κ3) is 3.84. The molecule has 0 atom stereocenters. The van der Waals surface area contributed by atoms with Crippen molar-refractivity contribution < 1.29 is 9.53 Å². The summed E-state index contributed by atoms with van der Waals surface area (Å²) < 4.78 is 9.22. The van der Waals surface area contributed by atoms with Gasteiger partial charge >= 0.3 is 0 Å². The van der Waals surface area contributed by atoms with E-state index in [1.165, 1.54) is 29.9 Å². The summed E-state index contributed by atoms with van der Waals surface area (Å²) in [4.78, 5) is 13.3. The molecule has 1 aromatic heterocycles. The van der Waals surface area contributed by atoms with E-state index in [-0.39, 0.29) is 11.3 Å². The summed E-state index contributed by atoms with van der Waals surface area (Å²) in [5.74, 6) is 0.819. The number of aromatic nitrogens is 2. The monoisotopic (exact) mass is 359 g/mol. The Morgan fingerprint density at radius 2 is 2.00 bits per heavy atom. The second-order valence-corrected chi connectivity index (χ2v) is 7.45. The first-order valence-electron chi connectivity index (χ1n) is 8.92. The number of carbonyl (C=O) groups is 1. The summed E-state index contributed by atoms with van der Waals surface area (Å²) in [6.07, 6.45) is 6.35. The number of hydrogen-bond acceptors (Lipinski definition) is 5. The number of amides is 1. The third-order valence-electron chi connectivity index (χ3n) is 5.10. The fourth-order valence-corrected chi connectivity index (χ4v) is 4.30. The topological polar surface area (TPSA) is 64.1 Å². The highest BCUT2D eigenvalue weighted by Gasteiger charge is 2.36. The van der Waals surface area contributed by atoms with Crippen LogP contribution >= 0.6 is 11.5 Å². The SMILES string of the molecule is CCCc1nnsc1C(=O)NCC1(c2ccc(OC)cc2)CCCC1. The van der Waals surface area contributed by atoms with Crippen LogP contribution in [-0.2, 0) is 11.8 Å². The summed E-state index contributed by atoms with van der Waals surface area (Å²) in [5.41, 5.74) is 2.11. The molecule has 25 heavy (non-hydrogen) atoms. The number of benzene rings is 1. The van der Waals surface area contributed by atoms with E-state index in [0.29, 0.717) is 11.4 Å². The normalized spacial score (nSPS) is 15.9. The van der Waals surface area contributed by atoms with Crippen molar-refractivity contribution in [2.75, 3.05) is 13.7 Å². The highest BCUT2D eigenvalue weighted by molar-refractivity contribution is 7.08. The Morgan fingerprint density at radius 1 is 1.28 bits per heavy atom. The molecule has 0 saturated heterocycles. The van der Waals surface area contributed by atoms with Crippen LogP contribution in [0.2, 0.25) is 0 Å². The highest BCUT2D eigenvalue weighted by atomic mass is 32.1. The first-order valence-corrected chi connectivity index (χ1v) is 9.70. The largest absolute Gasteiger partial charge is 0.497 e. The maximum Gasteiger partial charge on any atom is 0.264 e. The van der Waals surface area contributed by atoms with Gasteiger partial charge in [0, 0.05) is 12.0 Å². The molecule has 0 unspecified atom stereocenters. The Kier molecular flexibility index (Phi) is 5.68. The highest BCUT2D eigenvalue weighted by Crippen LogP contribution is 2.41. The lowest BCUT2D eigenvalue weighted by molar-refractivity contribution is 0.0946. The van der Waals surface area contributed by atoms with E-state index >= 15 is 0 Å². The van der Waals surface area contributed by atoms with Gasteiger partial charge in [0.05, 0.1) is 12.8 Å². The lowest BCUT2D eigenvalue weighted by Crippen LogP contribution is -2.39. The number of rotatable bonds is 7. The molecule has 6 heteroatoms. The van der Waals surface area contributed by atoms with Gasteiger partial charge in [-0.3, -0.25) is 4.79 Å². The molecule has 0 spiro atoms. The number of nitrogens with one attached hydrogen (secondary N) is 1. The first-order chi connectivity index (χ1) is 12.2. The van der Waals surface area contributed by atoms with E-state index < -0.39 is 0 Å². The van der Waals surface area contributed by atoms with Gasteiger partial charge in [-0.1, -0.05) is 42.8 Å².